The Kier molecular flexibility index (Phi) is 6.49. The number of hydrogen-bond acceptors (Lipinski definition) is 5. The van der Waals surface area contributed by atoms with Gasteiger partial charge in [-0.1, -0.05) is 11.6 Å². The maximum absolute atomic E-state index is 12.5. The summed E-state index contributed by atoms with van der Waals surface area (Å²) in [5.41, 5.74) is 1.11. The summed E-state index contributed by atoms with van der Waals surface area (Å²) in [5.74, 6) is 0.163. The van der Waals surface area contributed by atoms with Gasteiger partial charge in [-0.15, -0.1) is 0 Å². The summed E-state index contributed by atoms with van der Waals surface area (Å²) in [6.45, 7) is 1.19. The Morgan fingerprint density at radius 1 is 1.35 bits per heavy atom. The Bertz CT molecular complexity index is 767. The van der Waals surface area contributed by atoms with Crippen molar-refractivity contribution in [1.29, 1.82) is 0 Å². The molecule has 2 aromatic rings. The van der Waals surface area contributed by atoms with E-state index in [0.29, 0.717) is 24.1 Å². The maximum atomic E-state index is 12.5. The molecule has 7 nitrogen and oxygen atoms in total. The molecule has 1 aliphatic rings. The van der Waals surface area contributed by atoms with Crippen molar-refractivity contribution in [3.63, 3.8) is 0 Å². The lowest BCUT2D eigenvalue weighted by atomic mass is 9.95. The third kappa shape index (κ3) is 4.97. The minimum absolute atomic E-state index is 0.205. The fourth-order valence-electron chi connectivity index (χ4n) is 2.82. The van der Waals surface area contributed by atoms with E-state index >= 15 is 0 Å². The van der Waals surface area contributed by atoms with Gasteiger partial charge in [-0.3, -0.25) is 9.36 Å². The number of carbonyl (C=O) groups is 1. The highest BCUT2D eigenvalue weighted by Crippen LogP contribution is 2.20. The summed E-state index contributed by atoms with van der Waals surface area (Å²) >= 11 is 6.13. The van der Waals surface area contributed by atoms with Crippen LogP contribution in [0.5, 0.6) is 0 Å². The molecule has 0 radical (unpaired) electrons. The second-order valence-corrected chi connectivity index (χ2v) is 6.48. The van der Waals surface area contributed by atoms with Crippen LogP contribution in [0.4, 0.5) is 0 Å². The van der Waals surface area contributed by atoms with E-state index in [9.17, 15) is 4.79 Å². The molecule has 0 N–H and O–H groups in total. The first-order valence-corrected chi connectivity index (χ1v) is 8.90. The highest BCUT2D eigenvalue weighted by Gasteiger charge is 2.19. The zero-order valence-electron chi connectivity index (χ0n) is 14.6. The average Bonchev–Trinajstić information content (AvgIpc) is 3.18. The molecule has 1 saturated carbocycles. The van der Waals surface area contributed by atoms with Crippen molar-refractivity contribution in [2.45, 2.75) is 31.8 Å². The number of hydrogen-bond donors (Lipinski definition) is 0. The molecule has 1 fully saturated rings. The van der Waals surface area contributed by atoms with Gasteiger partial charge in [0.25, 0.3) is 5.91 Å². The maximum Gasteiger partial charge on any atom is 0.295 e. The lowest BCUT2D eigenvalue weighted by molar-refractivity contribution is 0.00822. The Morgan fingerprint density at radius 3 is 2.85 bits per heavy atom. The van der Waals surface area contributed by atoms with Crippen LogP contribution in [0.1, 0.15) is 36.2 Å². The van der Waals surface area contributed by atoms with Gasteiger partial charge >= 0.3 is 0 Å². The molecule has 0 bridgehead atoms. The van der Waals surface area contributed by atoms with Gasteiger partial charge in [0.1, 0.15) is 17.8 Å². The molecule has 0 unspecified atom stereocenters. The predicted octanol–water partition coefficient (Wildman–Crippen LogP) is 3.11. The molecular formula is C18H21ClN4O3. The third-order valence-corrected chi connectivity index (χ3v) is 4.39. The standard InChI is InChI=1S/C18H21ClN4O3/c1-25-8-9-26-15-4-2-14(3-5-15)21-18(24)16-10-13(19)11-17(22-16)23-7-6-20-12-23/h6-7,10-12,15H,2-5,8-9H2,1H3. The SMILES string of the molecule is COCCOC1CCC(=NC(=O)c2cc(Cl)cc(-n3ccnc3)n2)CC1. The van der Waals surface area contributed by atoms with Crippen LogP contribution in [0.3, 0.4) is 0 Å². The molecule has 0 atom stereocenters. The molecule has 0 spiro atoms. The van der Waals surface area contributed by atoms with Gasteiger partial charge in [-0.25, -0.2) is 15.0 Å². The number of rotatable bonds is 6. The summed E-state index contributed by atoms with van der Waals surface area (Å²) in [7, 11) is 1.66. The Hall–Kier alpha value is -2.09. The van der Waals surface area contributed by atoms with E-state index < -0.39 is 0 Å². The van der Waals surface area contributed by atoms with Crippen LogP contribution in [0.15, 0.2) is 35.8 Å². The van der Waals surface area contributed by atoms with Crippen LogP contribution in [-0.2, 0) is 9.47 Å². The largest absolute Gasteiger partial charge is 0.382 e. The van der Waals surface area contributed by atoms with Crippen molar-refractivity contribution in [2.24, 2.45) is 4.99 Å². The van der Waals surface area contributed by atoms with Crippen LogP contribution in [0.2, 0.25) is 5.02 Å². The number of carbonyl (C=O) groups excluding carboxylic acids is 1. The first-order valence-electron chi connectivity index (χ1n) is 8.53. The van der Waals surface area contributed by atoms with Crippen LogP contribution in [0, 0.1) is 0 Å². The van der Waals surface area contributed by atoms with Gasteiger partial charge in [-0.05, 0) is 31.7 Å². The topological polar surface area (TPSA) is 78.6 Å². The van der Waals surface area contributed by atoms with Gasteiger partial charge in [0.05, 0.1) is 19.3 Å². The summed E-state index contributed by atoms with van der Waals surface area (Å²) in [6.07, 6.45) is 8.40. The summed E-state index contributed by atoms with van der Waals surface area (Å²) in [6, 6.07) is 3.21. The molecule has 26 heavy (non-hydrogen) atoms. The molecule has 2 heterocycles. The second-order valence-electron chi connectivity index (χ2n) is 6.04. The first-order chi connectivity index (χ1) is 12.7. The highest BCUT2D eigenvalue weighted by molar-refractivity contribution is 6.31. The first kappa shape index (κ1) is 18.7. The average molecular weight is 377 g/mol. The third-order valence-electron chi connectivity index (χ3n) is 4.18. The monoisotopic (exact) mass is 376 g/mol. The van der Waals surface area contributed by atoms with E-state index in [1.54, 1.807) is 36.5 Å². The van der Waals surface area contributed by atoms with Crippen molar-refractivity contribution in [1.82, 2.24) is 14.5 Å². The minimum Gasteiger partial charge on any atom is -0.382 e. The Balaban J connectivity index is 1.64. The minimum atomic E-state index is -0.373. The zero-order chi connectivity index (χ0) is 18.4. The van der Waals surface area contributed by atoms with E-state index in [2.05, 4.69) is 15.0 Å². The van der Waals surface area contributed by atoms with Gasteiger partial charge in [0, 0.05) is 36.3 Å². The second kappa shape index (κ2) is 9.02. The Morgan fingerprint density at radius 2 is 2.15 bits per heavy atom. The number of aliphatic imine (C=N–C) groups is 1. The van der Waals surface area contributed by atoms with E-state index in [1.165, 1.54) is 6.07 Å². The van der Waals surface area contributed by atoms with Crippen LogP contribution in [-0.4, -0.2) is 52.6 Å². The lowest BCUT2D eigenvalue weighted by Crippen LogP contribution is -2.23. The molecule has 2 aromatic heterocycles. The molecule has 3 rings (SSSR count). The fraction of sp³-hybridized carbons (Fsp3) is 0.444. The molecule has 138 valence electrons. The zero-order valence-corrected chi connectivity index (χ0v) is 15.4. The summed E-state index contributed by atoms with van der Waals surface area (Å²) in [5, 5.41) is 0.433. The smallest absolute Gasteiger partial charge is 0.295 e. The predicted molar refractivity (Wildman–Crippen MR) is 98.2 cm³/mol. The van der Waals surface area contributed by atoms with Gasteiger partial charge in [0.15, 0.2) is 0 Å². The molecule has 1 amide bonds. The normalized spacial score (nSPS) is 17.3. The number of methoxy groups -OCH3 is 1. The van der Waals surface area contributed by atoms with Crippen molar-refractivity contribution < 1.29 is 14.3 Å². The quantitative estimate of drug-likeness (QED) is 0.724. The number of pyridine rings is 1. The number of imidazole rings is 1. The molecular weight excluding hydrogens is 356 g/mol. The van der Waals surface area contributed by atoms with Crippen molar-refractivity contribution in [3.05, 3.63) is 41.6 Å². The molecule has 0 aliphatic heterocycles. The highest BCUT2D eigenvalue weighted by atomic mass is 35.5. The molecule has 8 heteroatoms. The Labute approximate surface area is 157 Å². The van der Waals surface area contributed by atoms with Gasteiger partial charge in [0.2, 0.25) is 0 Å². The van der Waals surface area contributed by atoms with Crippen LogP contribution >= 0.6 is 11.6 Å². The number of ether oxygens (including phenoxy) is 2. The van der Waals surface area contributed by atoms with Gasteiger partial charge in [-0.2, -0.15) is 0 Å². The lowest BCUT2D eigenvalue weighted by Gasteiger charge is -2.23. The summed E-state index contributed by atoms with van der Waals surface area (Å²) in [4.78, 5) is 25.1. The molecule has 1 aliphatic carbocycles. The molecule has 0 aromatic carbocycles. The van der Waals surface area contributed by atoms with Crippen molar-refractivity contribution in [3.8, 4) is 5.82 Å². The number of aromatic nitrogens is 3. The van der Waals surface area contributed by atoms with E-state index in [0.717, 1.165) is 31.4 Å². The molecule has 0 saturated heterocycles. The number of nitrogens with zero attached hydrogens (tertiary/aromatic N) is 4. The van der Waals surface area contributed by atoms with E-state index in [-0.39, 0.29) is 17.7 Å². The van der Waals surface area contributed by atoms with Gasteiger partial charge < -0.3 is 9.47 Å². The van der Waals surface area contributed by atoms with Crippen molar-refractivity contribution in [2.75, 3.05) is 20.3 Å². The number of amides is 1. The van der Waals surface area contributed by atoms with Crippen molar-refractivity contribution >= 4 is 23.2 Å². The van der Waals surface area contributed by atoms with E-state index in [1.807, 2.05) is 0 Å². The van der Waals surface area contributed by atoms with Crippen LogP contribution < -0.4 is 0 Å². The van der Waals surface area contributed by atoms with E-state index in [4.69, 9.17) is 21.1 Å². The van der Waals surface area contributed by atoms with Crippen LogP contribution in [0.25, 0.3) is 5.82 Å². The summed E-state index contributed by atoms with van der Waals surface area (Å²) < 4.78 is 12.4. The number of halogens is 1. The fourth-order valence-corrected chi connectivity index (χ4v) is 3.02.